The van der Waals surface area contributed by atoms with E-state index in [-0.39, 0.29) is 18.1 Å². The van der Waals surface area contributed by atoms with Crippen molar-refractivity contribution in [2.45, 2.75) is 6.42 Å². The Morgan fingerprint density at radius 1 is 1.26 bits per heavy atom. The summed E-state index contributed by atoms with van der Waals surface area (Å²) in [5.41, 5.74) is 1.14. The third-order valence-electron chi connectivity index (χ3n) is 3.47. The third kappa shape index (κ3) is 4.23. The molecule has 0 unspecified atom stereocenters. The lowest BCUT2D eigenvalue weighted by Crippen LogP contribution is -2.37. The van der Waals surface area contributed by atoms with Crippen LogP contribution in [0.15, 0.2) is 36.7 Å². The van der Waals surface area contributed by atoms with Crippen molar-refractivity contribution in [2.75, 3.05) is 36.5 Å². The van der Waals surface area contributed by atoms with E-state index in [1.54, 1.807) is 24.5 Å². The van der Waals surface area contributed by atoms with Gasteiger partial charge in [-0.1, -0.05) is 12.1 Å². The van der Waals surface area contributed by atoms with Gasteiger partial charge in [0.25, 0.3) is 0 Å². The van der Waals surface area contributed by atoms with E-state index >= 15 is 0 Å². The summed E-state index contributed by atoms with van der Waals surface area (Å²) in [4.78, 5) is 22.5. The summed E-state index contributed by atoms with van der Waals surface area (Å²) in [6, 6.07) is 5.98. The van der Waals surface area contributed by atoms with Crippen molar-refractivity contribution >= 4 is 17.5 Å². The Morgan fingerprint density at radius 2 is 2.00 bits per heavy atom. The smallest absolute Gasteiger partial charge is 0.228 e. The van der Waals surface area contributed by atoms with Crippen molar-refractivity contribution in [2.24, 2.45) is 0 Å². The van der Waals surface area contributed by atoms with Crippen molar-refractivity contribution in [1.29, 1.82) is 0 Å². The number of hydrogen-bond acceptors (Lipinski definition) is 5. The largest absolute Gasteiger partial charge is 0.378 e. The van der Waals surface area contributed by atoms with Crippen LogP contribution in [0.3, 0.4) is 0 Å². The second-order valence-corrected chi connectivity index (χ2v) is 5.23. The molecule has 0 atom stereocenters. The van der Waals surface area contributed by atoms with Gasteiger partial charge in [-0.05, 0) is 17.7 Å². The van der Waals surface area contributed by atoms with E-state index in [9.17, 15) is 9.18 Å². The molecule has 1 aliphatic rings. The Morgan fingerprint density at radius 3 is 2.70 bits per heavy atom. The lowest BCUT2D eigenvalue weighted by atomic mass is 10.1. The first-order valence-electron chi connectivity index (χ1n) is 7.40. The third-order valence-corrected chi connectivity index (χ3v) is 3.47. The van der Waals surface area contributed by atoms with Crippen LogP contribution in [0.5, 0.6) is 0 Å². The summed E-state index contributed by atoms with van der Waals surface area (Å²) < 4.78 is 18.4. The van der Waals surface area contributed by atoms with E-state index in [0.717, 1.165) is 13.1 Å². The summed E-state index contributed by atoms with van der Waals surface area (Å²) in [6.45, 7) is 2.83. The van der Waals surface area contributed by atoms with Gasteiger partial charge in [-0.25, -0.2) is 14.4 Å². The molecular weight excluding hydrogens is 299 g/mol. The van der Waals surface area contributed by atoms with Gasteiger partial charge < -0.3 is 15.0 Å². The average Bonchev–Trinajstić information content (AvgIpc) is 2.56. The van der Waals surface area contributed by atoms with Gasteiger partial charge in [0.1, 0.15) is 5.82 Å². The van der Waals surface area contributed by atoms with Crippen LogP contribution < -0.4 is 10.2 Å². The highest BCUT2D eigenvalue weighted by Gasteiger charge is 2.13. The number of ether oxygens (including phenoxy) is 1. The Balaban J connectivity index is 1.58. The Bertz CT molecular complexity index is 672. The molecule has 7 heteroatoms. The van der Waals surface area contributed by atoms with Gasteiger partial charge >= 0.3 is 0 Å². The standard InChI is InChI=1S/C16H17FN4O2/c17-13-3-1-2-12(8-13)9-15(22)20-14-10-18-16(19-11-14)21-4-6-23-7-5-21/h1-3,8,10-11H,4-7,9H2,(H,20,22). The highest BCUT2D eigenvalue weighted by Crippen LogP contribution is 2.12. The zero-order chi connectivity index (χ0) is 16.1. The minimum Gasteiger partial charge on any atom is -0.378 e. The fourth-order valence-electron chi connectivity index (χ4n) is 2.35. The Hall–Kier alpha value is -2.54. The lowest BCUT2D eigenvalue weighted by Gasteiger charge is -2.26. The maximum atomic E-state index is 13.1. The zero-order valence-electron chi connectivity index (χ0n) is 12.5. The van der Waals surface area contributed by atoms with Crippen LogP contribution in [0.2, 0.25) is 0 Å². The maximum Gasteiger partial charge on any atom is 0.228 e. The van der Waals surface area contributed by atoms with Gasteiger partial charge in [0.15, 0.2) is 0 Å². The number of halogens is 1. The van der Waals surface area contributed by atoms with Crippen molar-refractivity contribution in [1.82, 2.24) is 9.97 Å². The van der Waals surface area contributed by atoms with E-state index < -0.39 is 0 Å². The molecule has 0 aliphatic carbocycles. The summed E-state index contributed by atoms with van der Waals surface area (Å²) in [6.07, 6.45) is 3.24. The van der Waals surface area contributed by atoms with Crippen LogP contribution in [-0.4, -0.2) is 42.2 Å². The molecule has 1 aliphatic heterocycles. The van der Waals surface area contributed by atoms with Gasteiger partial charge in [0.05, 0.1) is 37.7 Å². The molecule has 2 heterocycles. The fourth-order valence-corrected chi connectivity index (χ4v) is 2.35. The van der Waals surface area contributed by atoms with Crippen molar-refractivity contribution < 1.29 is 13.9 Å². The van der Waals surface area contributed by atoms with E-state index in [0.29, 0.717) is 30.4 Å². The molecule has 0 spiro atoms. The van der Waals surface area contributed by atoms with Crippen LogP contribution in [0.1, 0.15) is 5.56 Å². The van der Waals surface area contributed by atoms with Crippen molar-refractivity contribution in [3.8, 4) is 0 Å². The molecular formula is C16H17FN4O2. The molecule has 0 bridgehead atoms. The van der Waals surface area contributed by atoms with E-state index in [4.69, 9.17) is 4.74 Å². The second kappa shape index (κ2) is 7.15. The lowest BCUT2D eigenvalue weighted by molar-refractivity contribution is -0.115. The number of hydrogen-bond donors (Lipinski definition) is 1. The van der Waals surface area contributed by atoms with Gasteiger partial charge in [0, 0.05) is 13.1 Å². The number of anilines is 2. The molecule has 2 aromatic rings. The molecule has 3 rings (SSSR count). The highest BCUT2D eigenvalue weighted by atomic mass is 19.1. The predicted octanol–water partition coefficient (Wildman–Crippen LogP) is 1.63. The molecule has 1 aromatic carbocycles. The SMILES string of the molecule is O=C(Cc1cccc(F)c1)Nc1cnc(N2CCOCC2)nc1. The minimum atomic E-state index is -0.353. The number of carbonyl (C=O) groups excluding carboxylic acids is 1. The molecule has 1 fully saturated rings. The number of rotatable bonds is 4. The molecule has 1 N–H and O–H groups in total. The van der Waals surface area contributed by atoms with Gasteiger partial charge in [-0.3, -0.25) is 4.79 Å². The van der Waals surface area contributed by atoms with Crippen LogP contribution in [0.4, 0.5) is 16.0 Å². The maximum absolute atomic E-state index is 13.1. The fraction of sp³-hybridized carbons (Fsp3) is 0.312. The predicted molar refractivity (Wildman–Crippen MR) is 83.8 cm³/mol. The van der Waals surface area contributed by atoms with Crippen LogP contribution in [0, 0.1) is 5.82 Å². The average molecular weight is 316 g/mol. The second-order valence-electron chi connectivity index (χ2n) is 5.23. The summed E-state index contributed by atoms with van der Waals surface area (Å²) >= 11 is 0. The van der Waals surface area contributed by atoms with Gasteiger partial charge in [-0.15, -0.1) is 0 Å². The molecule has 0 radical (unpaired) electrons. The normalized spacial score (nSPS) is 14.6. The molecule has 0 saturated carbocycles. The number of carbonyl (C=O) groups is 1. The zero-order valence-corrected chi connectivity index (χ0v) is 12.5. The monoisotopic (exact) mass is 316 g/mol. The topological polar surface area (TPSA) is 67.4 Å². The number of nitrogens with one attached hydrogen (secondary N) is 1. The van der Waals surface area contributed by atoms with Gasteiger partial charge in [-0.2, -0.15) is 0 Å². The quantitative estimate of drug-likeness (QED) is 0.929. The molecule has 1 amide bonds. The van der Waals surface area contributed by atoms with Crippen molar-refractivity contribution in [3.63, 3.8) is 0 Å². The van der Waals surface area contributed by atoms with E-state index in [1.165, 1.54) is 12.1 Å². The first kappa shape index (κ1) is 15.4. The molecule has 120 valence electrons. The molecule has 23 heavy (non-hydrogen) atoms. The number of aromatic nitrogens is 2. The summed E-state index contributed by atoms with van der Waals surface area (Å²) in [5, 5.41) is 2.71. The Kier molecular flexibility index (Phi) is 4.77. The van der Waals surface area contributed by atoms with Crippen LogP contribution >= 0.6 is 0 Å². The summed E-state index contributed by atoms with van der Waals surface area (Å²) in [5.74, 6) is 0.0308. The minimum absolute atomic E-state index is 0.100. The molecule has 1 saturated heterocycles. The highest BCUT2D eigenvalue weighted by molar-refractivity contribution is 5.91. The number of nitrogens with zero attached hydrogens (tertiary/aromatic N) is 3. The number of benzene rings is 1. The number of morpholine rings is 1. The van der Waals surface area contributed by atoms with Crippen LogP contribution in [0.25, 0.3) is 0 Å². The first-order valence-corrected chi connectivity index (χ1v) is 7.40. The molecule has 1 aromatic heterocycles. The molecule has 6 nitrogen and oxygen atoms in total. The summed E-state index contributed by atoms with van der Waals surface area (Å²) in [7, 11) is 0. The Labute approximate surface area is 133 Å². The van der Waals surface area contributed by atoms with Crippen molar-refractivity contribution in [3.05, 3.63) is 48.0 Å². The van der Waals surface area contributed by atoms with E-state index in [1.807, 2.05) is 4.90 Å². The first-order chi connectivity index (χ1) is 11.2. The van der Waals surface area contributed by atoms with E-state index in [2.05, 4.69) is 15.3 Å². The van der Waals surface area contributed by atoms with Gasteiger partial charge in [0.2, 0.25) is 11.9 Å². The number of amides is 1. The van der Waals surface area contributed by atoms with Crippen LogP contribution in [-0.2, 0) is 16.0 Å².